The van der Waals surface area contributed by atoms with Gasteiger partial charge in [0.05, 0.1) is 5.60 Å². The lowest BCUT2D eigenvalue weighted by molar-refractivity contribution is -0.0630. The van der Waals surface area contributed by atoms with E-state index in [2.05, 4.69) is 49.5 Å². The standard InChI is InChI=1S/C14H21NO.ClH/c1-14(2)10-13(8-9-16-14)15-11-12-6-4-3-5-7-12;/h3-7,13,15H,8-11H2,1-2H3;1H. The van der Waals surface area contributed by atoms with Gasteiger partial charge in [-0.2, -0.15) is 0 Å². The summed E-state index contributed by atoms with van der Waals surface area (Å²) in [6.07, 6.45) is 2.22. The number of hydrogen-bond acceptors (Lipinski definition) is 2. The Bertz CT molecular complexity index is 326. The Morgan fingerprint density at radius 1 is 1.29 bits per heavy atom. The molecule has 1 aromatic carbocycles. The van der Waals surface area contributed by atoms with Crippen LogP contribution < -0.4 is 5.32 Å². The zero-order valence-corrected chi connectivity index (χ0v) is 11.4. The van der Waals surface area contributed by atoms with E-state index in [1.807, 2.05) is 0 Å². The first kappa shape index (κ1) is 14.5. The summed E-state index contributed by atoms with van der Waals surface area (Å²) in [4.78, 5) is 0. The van der Waals surface area contributed by atoms with E-state index in [0.29, 0.717) is 6.04 Å². The summed E-state index contributed by atoms with van der Waals surface area (Å²) in [5, 5.41) is 3.61. The van der Waals surface area contributed by atoms with Crippen LogP contribution in [0.5, 0.6) is 0 Å². The number of hydrogen-bond donors (Lipinski definition) is 1. The third kappa shape index (κ3) is 4.66. The monoisotopic (exact) mass is 255 g/mol. The summed E-state index contributed by atoms with van der Waals surface area (Å²) in [5.41, 5.74) is 1.39. The van der Waals surface area contributed by atoms with Crippen molar-refractivity contribution in [3.05, 3.63) is 35.9 Å². The maximum Gasteiger partial charge on any atom is 0.0641 e. The minimum absolute atomic E-state index is 0. The predicted molar refractivity (Wildman–Crippen MR) is 73.6 cm³/mol. The molecule has 0 bridgehead atoms. The van der Waals surface area contributed by atoms with Crippen molar-refractivity contribution in [2.45, 2.75) is 44.9 Å². The predicted octanol–water partition coefficient (Wildman–Crippen LogP) is 3.16. The Kier molecular flexibility index (Phi) is 5.44. The third-order valence-corrected chi connectivity index (χ3v) is 3.13. The molecule has 2 nitrogen and oxygen atoms in total. The quantitative estimate of drug-likeness (QED) is 0.896. The summed E-state index contributed by atoms with van der Waals surface area (Å²) in [6, 6.07) is 11.1. The Hall–Kier alpha value is -0.570. The van der Waals surface area contributed by atoms with Gasteiger partial charge in [-0.05, 0) is 32.3 Å². The van der Waals surface area contributed by atoms with Gasteiger partial charge in [0.1, 0.15) is 0 Å². The van der Waals surface area contributed by atoms with Gasteiger partial charge >= 0.3 is 0 Å². The largest absolute Gasteiger partial charge is 0.375 e. The average Bonchev–Trinajstić information content (AvgIpc) is 2.27. The lowest BCUT2D eigenvalue weighted by Gasteiger charge is -2.36. The van der Waals surface area contributed by atoms with E-state index in [1.54, 1.807) is 0 Å². The van der Waals surface area contributed by atoms with Crippen molar-refractivity contribution >= 4 is 12.4 Å². The molecule has 0 spiro atoms. The minimum atomic E-state index is 0. The van der Waals surface area contributed by atoms with E-state index in [9.17, 15) is 0 Å². The number of ether oxygens (including phenoxy) is 1. The minimum Gasteiger partial charge on any atom is -0.375 e. The van der Waals surface area contributed by atoms with Crippen LogP contribution >= 0.6 is 12.4 Å². The van der Waals surface area contributed by atoms with Gasteiger partial charge in [-0.15, -0.1) is 12.4 Å². The van der Waals surface area contributed by atoms with Crippen molar-refractivity contribution in [1.82, 2.24) is 5.32 Å². The number of nitrogens with one attached hydrogen (secondary N) is 1. The SMILES string of the molecule is CC1(C)CC(NCc2ccccc2)CCO1.Cl. The molecule has 1 aliphatic rings. The maximum absolute atomic E-state index is 5.71. The van der Waals surface area contributed by atoms with Crippen molar-refractivity contribution in [2.75, 3.05) is 6.61 Å². The van der Waals surface area contributed by atoms with Gasteiger partial charge < -0.3 is 10.1 Å². The molecule has 1 atom stereocenters. The average molecular weight is 256 g/mol. The molecule has 0 aromatic heterocycles. The number of halogens is 1. The molecule has 0 aliphatic carbocycles. The van der Waals surface area contributed by atoms with Crippen LogP contribution in [0, 0.1) is 0 Å². The van der Waals surface area contributed by atoms with E-state index < -0.39 is 0 Å². The van der Waals surface area contributed by atoms with Crippen LogP contribution in [-0.4, -0.2) is 18.2 Å². The molecular formula is C14H22ClNO. The highest BCUT2D eigenvalue weighted by Crippen LogP contribution is 2.24. The second kappa shape index (κ2) is 6.39. The van der Waals surface area contributed by atoms with Gasteiger partial charge in [-0.3, -0.25) is 0 Å². The number of benzene rings is 1. The molecule has 96 valence electrons. The van der Waals surface area contributed by atoms with Gasteiger partial charge in [0.2, 0.25) is 0 Å². The zero-order valence-electron chi connectivity index (χ0n) is 10.6. The molecule has 1 aromatic rings. The van der Waals surface area contributed by atoms with Crippen molar-refractivity contribution in [3.8, 4) is 0 Å². The molecule has 1 aliphatic heterocycles. The van der Waals surface area contributed by atoms with Crippen LogP contribution in [0.1, 0.15) is 32.3 Å². The van der Waals surface area contributed by atoms with Crippen LogP contribution in [0.4, 0.5) is 0 Å². The first-order valence-corrected chi connectivity index (χ1v) is 6.07. The molecule has 1 unspecified atom stereocenters. The lowest BCUT2D eigenvalue weighted by atomic mass is 9.94. The maximum atomic E-state index is 5.71. The first-order chi connectivity index (χ1) is 7.66. The van der Waals surface area contributed by atoms with Gasteiger partial charge in [0.15, 0.2) is 0 Å². The van der Waals surface area contributed by atoms with Crippen molar-refractivity contribution in [3.63, 3.8) is 0 Å². The van der Waals surface area contributed by atoms with Gasteiger partial charge in [0, 0.05) is 19.2 Å². The van der Waals surface area contributed by atoms with Gasteiger partial charge in [-0.1, -0.05) is 30.3 Å². The normalized spacial score (nSPS) is 22.8. The molecule has 3 heteroatoms. The first-order valence-electron chi connectivity index (χ1n) is 6.07. The summed E-state index contributed by atoms with van der Waals surface area (Å²) in [5.74, 6) is 0. The molecule has 17 heavy (non-hydrogen) atoms. The van der Waals surface area contributed by atoms with Crippen LogP contribution in [0.2, 0.25) is 0 Å². The van der Waals surface area contributed by atoms with Gasteiger partial charge in [0.25, 0.3) is 0 Å². The summed E-state index contributed by atoms with van der Waals surface area (Å²) in [7, 11) is 0. The van der Waals surface area contributed by atoms with E-state index in [-0.39, 0.29) is 18.0 Å². The second-order valence-corrected chi connectivity index (χ2v) is 5.16. The van der Waals surface area contributed by atoms with Crippen LogP contribution in [-0.2, 0) is 11.3 Å². The Balaban J connectivity index is 0.00000144. The third-order valence-electron chi connectivity index (χ3n) is 3.13. The Morgan fingerprint density at radius 2 is 2.00 bits per heavy atom. The van der Waals surface area contributed by atoms with E-state index in [4.69, 9.17) is 4.74 Å². The van der Waals surface area contributed by atoms with Crippen molar-refractivity contribution in [2.24, 2.45) is 0 Å². The van der Waals surface area contributed by atoms with E-state index in [0.717, 1.165) is 26.0 Å². The van der Waals surface area contributed by atoms with E-state index in [1.165, 1.54) is 5.56 Å². The second-order valence-electron chi connectivity index (χ2n) is 5.16. The fraction of sp³-hybridized carbons (Fsp3) is 0.571. The smallest absolute Gasteiger partial charge is 0.0641 e. The fourth-order valence-electron chi connectivity index (χ4n) is 2.26. The molecule has 1 fully saturated rings. The zero-order chi connectivity index (χ0) is 11.4. The molecule has 0 radical (unpaired) electrons. The topological polar surface area (TPSA) is 21.3 Å². The van der Waals surface area contributed by atoms with Crippen molar-refractivity contribution in [1.29, 1.82) is 0 Å². The Labute approximate surface area is 110 Å². The molecular weight excluding hydrogens is 234 g/mol. The highest BCUT2D eigenvalue weighted by molar-refractivity contribution is 5.85. The van der Waals surface area contributed by atoms with E-state index >= 15 is 0 Å². The Morgan fingerprint density at radius 3 is 2.65 bits per heavy atom. The molecule has 1 saturated heterocycles. The number of rotatable bonds is 3. The van der Waals surface area contributed by atoms with Crippen LogP contribution in [0.15, 0.2) is 30.3 Å². The molecule has 1 heterocycles. The molecule has 0 saturated carbocycles. The lowest BCUT2D eigenvalue weighted by Crippen LogP contribution is -2.43. The fourth-order valence-corrected chi connectivity index (χ4v) is 2.26. The highest BCUT2D eigenvalue weighted by atomic mass is 35.5. The van der Waals surface area contributed by atoms with Crippen LogP contribution in [0.3, 0.4) is 0 Å². The van der Waals surface area contributed by atoms with Crippen molar-refractivity contribution < 1.29 is 4.74 Å². The van der Waals surface area contributed by atoms with Gasteiger partial charge in [-0.25, -0.2) is 0 Å². The highest BCUT2D eigenvalue weighted by Gasteiger charge is 2.28. The molecule has 1 N–H and O–H groups in total. The molecule has 0 amide bonds. The summed E-state index contributed by atoms with van der Waals surface area (Å²) >= 11 is 0. The van der Waals surface area contributed by atoms with Crippen LogP contribution in [0.25, 0.3) is 0 Å². The molecule has 2 rings (SSSR count). The summed E-state index contributed by atoms with van der Waals surface area (Å²) < 4.78 is 5.71. The summed E-state index contributed by atoms with van der Waals surface area (Å²) in [6.45, 7) is 6.17.